The second-order valence-corrected chi connectivity index (χ2v) is 4.51. The first kappa shape index (κ1) is 14.1. The lowest BCUT2D eigenvalue weighted by Crippen LogP contribution is -2.47. The first-order chi connectivity index (χ1) is 7.86. The van der Waals surface area contributed by atoms with E-state index in [0.717, 1.165) is 19.3 Å². The van der Waals surface area contributed by atoms with Gasteiger partial charge in [-0.2, -0.15) is 13.2 Å². The van der Waals surface area contributed by atoms with Crippen molar-refractivity contribution in [3.05, 3.63) is 0 Å². The summed E-state index contributed by atoms with van der Waals surface area (Å²) in [6.45, 7) is 1.51. The molecule has 100 valence electrons. The van der Waals surface area contributed by atoms with E-state index in [1.54, 1.807) is 0 Å². The third-order valence-corrected chi connectivity index (χ3v) is 3.37. The zero-order chi connectivity index (χ0) is 13.1. The zero-order valence-electron chi connectivity index (χ0n) is 9.67. The van der Waals surface area contributed by atoms with Crippen molar-refractivity contribution in [3.8, 4) is 0 Å². The molecule has 0 aromatic carbocycles. The molecule has 0 heterocycles. The van der Waals surface area contributed by atoms with Crippen LogP contribution < -0.4 is 11.1 Å². The van der Waals surface area contributed by atoms with E-state index in [1.807, 2.05) is 6.92 Å². The third kappa shape index (κ3) is 3.76. The molecule has 0 bridgehead atoms. The largest absolute Gasteiger partial charge is 0.409 e. The van der Waals surface area contributed by atoms with Crippen molar-refractivity contribution in [1.29, 1.82) is 0 Å². The molecule has 1 saturated carbocycles. The van der Waals surface area contributed by atoms with E-state index in [0.29, 0.717) is 5.92 Å². The molecule has 2 unspecified atom stereocenters. The van der Waals surface area contributed by atoms with Gasteiger partial charge in [-0.05, 0) is 25.7 Å². The highest BCUT2D eigenvalue weighted by Crippen LogP contribution is 2.30. The van der Waals surface area contributed by atoms with Gasteiger partial charge in [0.15, 0.2) is 5.84 Å². The van der Waals surface area contributed by atoms with E-state index in [-0.39, 0.29) is 12.6 Å². The van der Waals surface area contributed by atoms with Gasteiger partial charge in [0, 0.05) is 12.6 Å². The third-order valence-electron chi connectivity index (χ3n) is 3.37. The molecule has 0 aromatic heterocycles. The van der Waals surface area contributed by atoms with Crippen molar-refractivity contribution in [2.45, 2.75) is 38.4 Å². The summed E-state index contributed by atoms with van der Waals surface area (Å²) in [5.74, 6) is -2.29. The Morgan fingerprint density at radius 2 is 2.12 bits per heavy atom. The molecule has 0 aromatic rings. The molecule has 0 aliphatic heterocycles. The van der Waals surface area contributed by atoms with Crippen LogP contribution in [0.2, 0.25) is 0 Å². The molecule has 7 heteroatoms. The van der Waals surface area contributed by atoms with E-state index in [2.05, 4.69) is 10.5 Å². The molecule has 1 aliphatic carbocycles. The van der Waals surface area contributed by atoms with Gasteiger partial charge in [-0.25, -0.2) is 0 Å². The topological polar surface area (TPSA) is 70.6 Å². The number of nitrogens with two attached hydrogens (primary N) is 1. The van der Waals surface area contributed by atoms with E-state index in [9.17, 15) is 13.2 Å². The summed E-state index contributed by atoms with van der Waals surface area (Å²) >= 11 is 0. The Balaban J connectivity index is 2.49. The van der Waals surface area contributed by atoms with Crippen LogP contribution in [0.5, 0.6) is 0 Å². The van der Waals surface area contributed by atoms with Crippen LogP contribution in [-0.2, 0) is 0 Å². The maximum atomic E-state index is 12.6. The highest BCUT2D eigenvalue weighted by atomic mass is 19.4. The normalized spacial score (nSPS) is 22.0. The number of alkyl halides is 3. The lowest BCUT2D eigenvalue weighted by molar-refractivity contribution is -0.155. The summed E-state index contributed by atoms with van der Waals surface area (Å²) in [6, 6.07) is 0.0279. The van der Waals surface area contributed by atoms with Crippen LogP contribution in [0.15, 0.2) is 5.16 Å². The molecular weight excluding hydrogens is 235 g/mol. The number of nitrogens with zero attached hydrogens (tertiary/aromatic N) is 1. The monoisotopic (exact) mass is 253 g/mol. The Labute approximate surface area is 98.0 Å². The van der Waals surface area contributed by atoms with Crippen LogP contribution in [0, 0.1) is 11.8 Å². The summed E-state index contributed by atoms with van der Waals surface area (Å²) in [5.41, 5.74) is 5.05. The maximum absolute atomic E-state index is 12.6. The van der Waals surface area contributed by atoms with Gasteiger partial charge in [-0.1, -0.05) is 11.6 Å². The summed E-state index contributed by atoms with van der Waals surface area (Å²) in [6.07, 6.45) is -1.26. The van der Waals surface area contributed by atoms with Gasteiger partial charge in [-0.3, -0.25) is 0 Å². The molecule has 2 atom stereocenters. The fraction of sp³-hybridized carbons (Fsp3) is 0.900. The quantitative estimate of drug-likeness (QED) is 0.302. The fourth-order valence-electron chi connectivity index (χ4n) is 1.87. The molecule has 4 N–H and O–H groups in total. The van der Waals surface area contributed by atoms with Crippen LogP contribution in [0.3, 0.4) is 0 Å². The standard InChI is InChI=1S/C10H18F3N3O/c1-6(7-3-2-4-7)15-5-8(9(14)16-17)10(11,12)13/h6-8,15,17H,2-5H2,1H3,(H2,14,16). The van der Waals surface area contributed by atoms with E-state index in [1.165, 1.54) is 0 Å². The van der Waals surface area contributed by atoms with Gasteiger partial charge in [0.1, 0.15) is 5.92 Å². The lowest BCUT2D eigenvalue weighted by atomic mass is 9.80. The van der Waals surface area contributed by atoms with Crippen LogP contribution in [0.1, 0.15) is 26.2 Å². The Bertz CT molecular complexity index is 276. The van der Waals surface area contributed by atoms with Gasteiger partial charge < -0.3 is 16.3 Å². The van der Waals surface area contributed by atoms with Crippen molar-refractivity contribution in [1.82, 2.24) is 5.32 Å². The highest BCUT2D eigenvalue weighted by Gasteiger charge is 2.43. The van der Waals surface area contributed by atoms with E-state index < -0.39 is 17.9 Å². The zero-order valence-corrected chi connectivity index (χ0v) is 9.67. The minimum absolute atomic E-state index is 0.0279. The number of oxime groups is 1. The van der Waals surface area contributed by atoms with Gasteiger partial charge in [0.2, 0.25) is 0 Å². The lowest BCUT2D eigenvalue weighted by Gasteiger charge is -2.33. The summed E-state index contributed by atoms with van der Waals surface area (Å²) in [5, 5.41) is 13.6. The number of nitrogens with one attached hydrogen (secondary N) is 1. The number of rotatable bonds is 5. The van der Waals surface area contributed by atoms with Gasteiger partial charge in [0.05, 0.1) is 0 Å². The maximum Gasteiger partial charge on any atom is 0.400 e. The molecule has 4 nitrogen and oxygen atoms in total. The molecule has 0 saturated heterocycles. The summed E-state index contributed by atoms with van der Waals surface area (Å²) in [7, 11) is 0. The molecule has 1 aliphatic rings. The summed E-state index contributed by atoms with van der Waals surface area (Å²) < 4.78 is 37.8. The van der Waals surface area contributed by atoms with Gasteiger partial charge >= 0.3 is 6.18 Å². The molecule has 0 spiro atoms. The molecule has 1 fully saturated rings. The smallest absolute Gasteiger partial charge is 0.400 e. The first-order valence-corrected chi connectivity index (χ1v) is 5.63. The minimum Gasteiger partial charge on any atom is -0.409 e. The molecule has 17 heavy (non-hydrogen) atoms. The van der Waals surface area contributed by atoms with E-state index >= 15 is 0 Å². The Hall–Kier alpha value is -0.980. The van der Waals surface area contributed by atoms with Crippen LogP contribution in [0.4, 0.5) is 13.2 Å². The number of amidine groups is 1. The Kier molecular flexibility index (Phi) is 4.62. The highest BCUT2D eigenvalue weighted by molar-refractivity contribution is 5.83. The average molecular weight is 253 g/mol. The number of halogens is 3. The Morgan fingerprint density at radius 1 is 1.53 bits per heavy atom. The average Bonchev–Trinajstić information content (AvgIpc) is 2.12. The number of hydrogen-bond donors (Lipinski definition) is 3. The fourth-order valence-corrected chi connectivity index (χ4v) is 1.87. The second-order valence-electron chi connectivity index (χ2n) is 4.51. The predicted octanol–water partition coefficient (Wildman–Crippen LogP) is 1.69. The van der Waals surface area contributed by atoms with Crippen LogP contribution >= 0.6 is 0 Å². The molecule has 0 amide bonds. The van der Waals surface area contributed by atoms with Crippen molar-refractivity contribution < 1.29 is 18.4 Å². The molecule has 1 rings (SSSR count). The minimum atomic E-state index is -4.50. The first-order valence-electron chi connectivity index (χ1n) is 5.63. The number of hydrogen-bond acceptors (Lipinski definition) is 3. The van der Waals surface area contributed by atoms with Crippen molar-refractivity contribution >= 4 is 5.84 Å². The van der Waals surface area contributed by atoms with Gasteiger partial charge in [0.25, 0.3) is 0 Å². The molecule has 0 radical (unpaired) electrons. The van der Waals surface area contributed by atoms with Crippen molar-refractivity contribution in [2.24, 2.45) is 22.7 Å². The van der Waals surface area contributed by atoms with Crippen molar-refractivity contribution in [3.63, 3.8) is 0 Å². The SMILES string of the molecule is CC(NCC(C(N)=NO)C(F)(F)F)C1CCC1. The van der Waals surface area contributed by atoms with E-state index in [4.69, 9.17) is 10.9 Å². The van der Waals surface area contributed by atoms with Gasteiger partial charge in [-0.15, -0.1) is 0 Å². The summed E-state index contributed by atoms with van der Waals surface area (Å²) in [4.78, 5) is 0. The second kappa shape index (κ2) is 5.57. The molecular formula is C10H18F3N3O. The predicted molar refractivity (Wildman–Crippen MR) is 57.8 cm³/mol. The Morgan fingerprint density at radius 3 is 2.47 bits per heavy atom. The van der Waals surface area contributed by atoms with Crippen molar-refractivity contribution in [2.75, 3.05) is 6.54 Å². The van der Waals surface area contributed by atoms with Crippen LogP contribution in [0.25, 0.3) is 0 Å². The van der Waals surface area contributed by atoms with Crippen LogP contribution in [-0.4, -0.2) is 29.8 Å².